The SMILES string of the molecule is Nc1cc2c(c(C=CC(=O)O)c1N)C(=O)c1ccccc1C2=O. The smallest absolute Gasteiger partial charge is 0.328 e. The third-order valence-electron chi connectivity index (χ3n) is 3.72. The second-order valence-electron chi connectivity index (χ2n) is 5.09. The third kappa shape index (κ3) is 2.17. The average molecular weight is 308 g/mol. The Labute approximate surface area is 131 Å². The zero-order valence-electron chi connectivity index (χ0n) is 11.9. The minimum Gasteiger partial charge on any atom is -0.478 e. The van der Waals surface area contributed by atoms with Crippen molar-refractivity contribution in [3.05, 3.63) is 64.2 Å². The third-order valence-corrected chi connectivity index (χ3v) is 3.72. The van der Waals surface area contributed by atoms with Gasteiger partial charge >= 0.3 is 5.97 Å². The molecule has 114 valence electrons. The Bertz CT molecular complexity index is 913. The fourth-order valence-corrected chi connectivity index (χ4v) is 2.65. The van der Waals surface area contributed by atoms with Crippen LogP contribution in [0.2, 0.25) is 0 Å². The summed E-state index contributed by atoms with van der Waals surface area (Å²) in [5.74, 6) is -1.92. The number of rotatable bonds is 2. The van der Waals surface area contributed by atoms with Crippen molar-refractivity contribution in [1.29, 1.82) is 0 Å². The summed E-state index contributed by atoms with van der Waals surface area (Å²) in [5.41, 5.74) is 12.8. The Morgan fingerprint density at radius 3 is 2.22 bits per heavy atom. The number of benzene rings is 2. The first kappa shape index (κ1) is 14.5. The number of carbonyl (C=O) groups is 3. The highest BCUT2D eigenvalue weighted by molar-refractivity contribution is 6.30. The van der Waals surface area contributed by atoms with Gasteiger partial charge in [0.2, 0.25) is 0 Å². The minimum absolute atomic E-state index is 0.0711. The maximum atomic E-state index is 12.8. The maximum Gasteiger partial charge on any atom is 0.328 e. The first-order valence-electron chi connectivity index (χ1n) is 6.73. The summed E-state index contributed by atoms with van der Waals surface area (Å²) in [4.78, 5) is 36.1. The van der Waals surface area contributed by atoms with Gasteiger partial charge in [-0.2, -0.15) is 0 Å². The molecule has 6 heteroatoms. The minimum atomic E-state index is -1.20. The number of hydrogen-bond donors (Lipinski definition) is 3. The second-order valence-corrected chi connectivity index (χ2v) is 5.09. The largest absolute Gasteiger partial charge is 0.478 e. The molecule has 2 aromatic rings. The quantitative estimate of drug-likeness (QED) is 0.489. The number of aliphatic carboxylic acids is 1. The van der Waals surface area contributed by atoms with E-state index in [1.54, 1.807) is 24.3 Å². The molecule has 3 rings (SSSR count). The molecule has 2 aromatic carbocycles. The van der Waals surface area contributed by atoms with Crippen LogP contribution in [0.25, 0.3) is 6.08 Å². The summed E-state index contributed by atoms with van der Waals surface area (Å²) in [6, 6.07) is 7.80. The van der Waals surface area contributed by atoms with Crippen molar-refractivity contribution < 1.29 is 19.5 Å². The van der Waals surface area contributed by atoms with E-state index >= 15 is 0 Å². The molecular formula is C17H12N2O4. The van der Waals surface area contributed by atoms with Gasteiger partial charge < -0.3 is 16.6 Å². The normalized spacial score (nSPS) is 13.0. The zero-order valence-corrected chi connectivity index (χ0v) is 11.9. The predicted octanol–water partition coefficient (Wildman–Crippen LogP) is 1.72. The molecule has 0 bridgehead atoms. The zero-order chi connectivity index (χ0) is 16.7. The molecule has 1 aliphatic carbocycles. The van der Waals surface area contributed by atoms with Gasteiger partial charge in [-0.15, -0.1) is 0 Å². The van der Waals surface area contributed by atoms with E-state index in [0.717, 1.165) is 6.08 Å². The lowest BCUT2D eigenvalue weighted by Crippen LogP contribution is -2.23. The molecule has 0 fully saturated rings. The molecule has 1 aliphatic rings. The lowest BCUT2D eigenvalue weighted by Gasteiger charge is -2.21. The van der Waals surface area contributed by atoms with E-state index in [9.17, 15) is 14.4 Å². The van der Waals surface area contributed by atoms with Crippen molar-refractivity contribution in [3.8, 4) is 0 Å². The predicted molar refractivity (Wildman–Crippen MR) is 85.2 cm³/mol. The van der Waals surface area contributed by atoms with E-state index in [1.165, 1.54) is 12.1 Å². The Hall–Kier alpha value is -3.41. The number of carboxylic acids is 1. The van der Waals surface area contributed by atoms with Crippen molar-refractivity contribution in [2.24, 2.45) is 0 Å². The van der Waals surface area contributed by atoms with Crippen LogP contribution in [0.1, 0.15) is 37.4 Å². The average Bonchev–Trinajstić information content (AvgIpc) is 2.53. The van der Waals surface area contributed by atoms with Crippen molar-refractivity contribution in [2.75, 3.05) is 11.5 Å². The topological polar surface area (TPSA) is 123 Å². The molecule has 0 spiro atoms. The highest BCUT2D eigenvalue weighted by atomic mass is 16.4. The van der Waals surface area contributed by atoms with Crippen LogP contribution >= 0.6 is 0 Å². The van der Waals surface area contributed by atoms with Crippen molar-refractivity contribution in [3.63, 3.8) is 0 Å². The van der Waals surface area contributed by atoms with Crippen LogP contribution in [-0.2, 0) is 4.79 Å². The molecule has 0 amide bonds. The Morgan fingerprint density at radius 2 is 1.61 bits per heavy atom. The summed E-state index contributed by atoms with van der Waals surface area (Å²) in [5, 5.41) is 8.80. The number of hydrogen-bond acceptors (Lipinski definition) is 5. The van der Waals surface area contributed by atoms with Crippen molar-refractivity contribution >= 4 is 35.0 Å². The maximum absolute atomic E-state index is 12.8. The summed E-state index contributed by atoms with van der Waals surface area (Å²) in [6.45, 7) is 0. The van der Waals surface area contributed by atoms with E-state index in [2.05, 4.69) is 0 Å². The molecule has 23 heavy (non-hydrogen) atoms. The standard InChI is InChI=1S/C17H12N2O4/c18-12-7-11-14(10(15(12)19)5-6-13(20)21)17(23)9-4-2-1-3-8(9)16(11)22/h1-7H,18-19H2,(H,20,21). The van der Waals surface area contributed by atoms with Crippen molar-refractivity contribution in [1.82, 2.24) is 0 Å². The van der Waals surface area contributed by atoms with Gasteiger partial charge in [0.15, 0.2) is 11.6 Å². The van der Waals surface area contributed by atoms with Crippen molar-refractivity contribution in [2.45, 2.75) is 0 Å². The van der Waals surface area contributed by atoms with Crippen LogP contribution in [0.3, 0.4) is 0 Å². The van der Waals surface area contributed by atoms with Crippen LogP contribution in [-0.4, -0.2) is 22.6 Å². The van der Waals surface area contributed by atoms with Gasteiger partial charge in [0, 0.05) is 33.9 Å². The van der Waals surface area contributed by atoms with Crippen LogP contribution in [0, 0.1) is 0 Å². The molecule has 0 aromatic heterocycles. The number of fused-ring (bicyclic) bond motifs is 2. The van der Waals surface area contributed by atoms with E-state index in [0.29, 0.717) is 5.56 Å². The van der Waals surface area contributed by atoms with E-state index < -0.39 is 5.97 Å². The highest BCUT2D eigenvalue weighted by Gasteiger charge is 2.32. The lowest BCUT2D eigenvalue weighted by molar-refractivity contribution is -0.131. The van der Waals surface area contributed by atoms with Crippen LogP contribution < -0.4 is 11.5 Å². The highest BCUT2D eigenvalue weighted by Crippen LogP contribution is 2.35. The summed E-state index contributed by atoms with van der Waals surface area (Å²) in [6.07, 6.45) is 2.04. The number of carboxylic acid groups (broad SMARTS) is 1. The summed E-state index contributed by atoms with van der Waals surface area (Å²) < 4.78 is 0. The van der Waals surface area contributed by atoms with Crippen LogP contribution in [0.4, 0.5) is 11.4 Å². The van der Waals surface area contributed by atoms with Gasteiger partial charge in [0.25, 0.3) is 0 Å². The van der Waals surface area contributed by atoms with Crippen LogP contribution in [0.5, 0.6) is 0 Å². The molecule has 0 aliphatic heterocycles. The molecule has 6 nitrogen and oxygen atoms in total. The Kier molecular flexibility index (Phi) is 3.22. The monoisotopic (exact) mass is 308 g/mol. The Morgan fingerprint density at radius 1 is 1.00 bits per heavy atom. The number of nitrogens with two attached hydrogens (primary N) is 2. The van der Waals surface area contributed by atoms with E-state index in [-0.39, 0.29) is 45.2 Å². The number of carbonyl (C=O) groups excluding carboxylic acids is 2. The number of nitrogen functional groups attached to an aromatic ring is 2. The molecule has 0 radical (unpaired) electrons. The fourth-order valence-electron chi connectivity index (χ4n) is 2.65. The summed E-state index contributed by atoms with van der Waals surface area (Å²) in [7, 11) is 0. The molecule has 0 atom stereocenters. The molecule has 0 saturated heterocycles. The Balaban J connectivity index is 2.34. The first-order chi connectivity index (χ1) is 10.9. The van der Waals surface area contributed by atoms with E-state index in [1.807, 2.05) is 0 Å². The fraction of sp³-hybridized carbons (Fsp3) is 0. The molecule has 0 saturated carbocycles. The lowest BCUT2D eigenvalue weighted by atomic mass is 9.81. The first-order valence-corrected chi connectivity index (χ1v) is 6.73. The summed E-state index contributed by atoms with van der Waals surface area (Å²) >= 11 is 0. The van der Waals surface area contributed by atoms with Gasteiger partial charge in [-0.25, -0.2) is 4.79 Å². The number of anilines is 2. The van der Waals surface area contributed by atoms with Gasteiger partial charge in [0.05, 0.1) is 11.4 Å². The van der Waals surface area contributed by atoms with Gasteiger partial charge in [-0.3, -0.25) is 9.59 Å². The van der Waals surface area contributed by atoms with Crippen LogP contribution in [0.15, 0.2) is 36.4 Å². The van der Waals surface area contributed by atoms with Gasteiger partial charge in [0.1, 0.15) is 0 Å². The van der Waals surface area contributed by atoms with E-state index in [4.69, 9.17) is 16.6 Å². The molecular weight excluding hydrogens is 296 g/mol. The second kappa shape index (κ2) is 5.10. The number of ketones is 2. The van der Waals surface area contributed by atoms with Gasteiger partial charge in [-0.05, 0) is 12.1 Å². The molecule has 0 unspecified atom stereocenters. The molecule has 5 N–H and O–H groups in total. The molecule has 0 heterocycles. The van der Waals surface area contributed by atoms with Gasteiger partial charge in [-0.1, -0.05) is 24.3 Å².